The van der Waals surface area contributed by atoms with Crippen LogP contribution >= 0.6 is 0 Å². The van der Waals surface area contributed by atoms with Gasteiger partial charge in [-0.3, -0.25) is 0 Å². The third kappa shape index (κ3) is 2.32. The molecule has 2 aromatic rings. The molecule has 0 amide bonds. The van der Waals surface area contributed by atoms with Crippen LogP contribution in [0.2, 0.25) is 0 Å². The van der Waals surface area contributed by atoms with Gasteiger partial charge >= 0.3 is 5.97 Å². The topological polar surface area (TPSA) is 64.2 Å². The van der Waals surface area contributed by atoms with E-state index in [1.165, 1.54) is 6.07 Å². The van der Waals surface area contributed by atoms with Gasteiger partial charge < -0.3 is 10.2 Å². The van der Waals surface area contributed by atoms with Crippen molar-refractivity contribution in [1.82, 2.24) is 0 Å². The first-order valence-electron chi connectivity index (χ1n) is 5.55. The Morgan fingerprint density at radius 3 is 2.56 bits per heavy atom. The number of benzene rings is 1. The first-order chi connectivity index (χ1) is 8.59. The van der Waals surface area contributed by atoms with Crippen molar-refractivity contribution in [2.75, 3.05) is 0 Å². The number of nitrogens with zero attached hydrogens (tertiary/aromatic N) is 1. The monoisotopic (exact) mass is 243 g/mol. The molecule has 0 unspecified atom stereocenters. The zero-order valence-electron chi connectivity index (χ0n) is 9.96. The van der Waals surface area contributed by atoms with Crippen LogP contribution in [0.25, 0.3) is 0 Å². The number of carboxylic acid groups (broad SMARTS) is 1. The van der Waals surface area contributed by atoms with Crippen LogP contribution in [0.4, 0.5) is 0 Å². The van der Waals surface area contributed by atoms with Crippen molar-refractivity contribution in [3.05, 3.63) is 59.4 Å². The molecule has 18 heavy (non-hydrogen) atoms. The van der Waals surface area contributed by atoms with Gasteiger partial charge in [0.05, 0.1) is 12.0 Å². The average Bonchev–Trinajstić information content (AvgIpc) is 2.35. The van der Waals surface area contributed by atoms with Gasteiger partial charge in [-0.1, -0.05) is 30.3 Å². The second kappa shape index (κ2) is 4.87. The summed E-state index contributed by atoms with van der Waals surface area (Å²) in [6, 6.07) is 10.8. The lowest BCUT2D eigenvalue weighted by Crippen LogP contribution is -2.35. The molecule has 92 valence electrons. The molecule has 2 rings (SSSR count). The molecule has 0 saturated carbocycles. The van der Waals surface area contributed by atoms with Crippen molar-refractivity contribution < 1.29 is 19.6 Å². The Balaban J connectivity index is 2.44. The Labute approximate surface area is 105 Å². The summed E-state index contributed by atoms with van der Waals surface area (Å²) in [6.45, 7) is 0. The summed E-state index contributed by atoms with van der Waals surface area (Å²) < 4.78 is 1.67. The number of aromatic nitrogens is 1. The minimum absolute atomic E-state index is 0.181. The molecule has 0 saturated heterocycles. The molecule has 1 aromatic carbocycles. The lowest BCUT2D eigenvalue weighted by Gasteiger charge is -2.13. The van der Waals surface area contributed by atoms with E-state index in [1.54, 1.807) is 17.8 Å². The normalized spacial score (nSPS) is 10.3. The number of carbonyl (C=O) groups is 1. The molecular formula is C14H13NO3. The van der Waals surface area contributed by atoms with Crippen LogP contribution in [0.3, 0.4) is 0 Å². The summed E-state index contributed by atoms with van der Waals surface area (Å²) >= 11 is 0. The fourth-order valence-electron chi connectivity index (χ4n) is 1.83. The number of aryl methyl sites for hydroxylation is 1. The fourth-order valence-corrected chi connectivity index (χ4v) is 1.83. The Bertz CT molecular complexity index is 579. The van der Waals surface area contributed by atoms with E-state index >= 15 is 0 Å². The molecule has 0 atom stereocenters. The van der Waals surface area contributed by atoms with Gasteiger partial charge in [0.2, 0.25) is 0 Å². The highest BCUT2D eigenvalue weighted by atomic mass is 16.4. The number of pyridine rings is 1. The van der Waals surface area contributed by atoms with Gasteiger partial charge in [-0.05, 0) is 11.3 Å². The SMILES string of the molecule is C[n+]1ccc(C(=O)O)c([O-])c1Cc1ccccc1. The maximum absolute atomic E-state index is 12.0. The van der Waals surface area contributed by atoms with Gasteiger partial charge in [0.25, 0.3) is 0 Å². The quantitative estimate of drug-likeness (QED) is 0.814. The van der Waals surface area contributed by atoms with E-state index < -0.39 is 11.7 Å². The Kier molecular flexibility index (Phi) is 3.28. The van der Waals surface area contributed by atoms with E-state index in [4.69, 9.17) is 5.11 Å². The van der Waals surface area contributed by atoms with Gasteiger partial charge in [0.1, 0.15) is 7.05 Å². The second-order valence-electron chi connectivity index (χ2n) is 4.08. The molecule has 4 nitrogen and oxygen atoms in total. The predicted molar refractivity (Wildman–Crippen MR) is 63.3 cm³/mol. The van der Waals surface area contributed by atoms with Crippen LogP contribution in [0.15, 0.2) is 42.6 Å². The lowest BCUT2D eigenvalue weighted by atomic mass is 10.1. The van der Waals surface area contributed by atoms with Crippen molar-refractivity contribution in [3.63, 3.8) is 0 Å². The molecule has 1 heterocycles. The number of rotatable bonds is 3. The minimum Gasteiger partial charge on any atom is -0.868 e. The molecule has 4 heteroatoms. The van der Waals surface area contributed by atoms with E-state index in [9.17, 15) is 9.90 Å². The molecule has 0 aliphatic heterocycles. The van der Waals surface area contributed by atoms with Crippen LogP contribution in [0.1, 0.15) is 21.6 Å². The van der Waals surface area contributed by atoms with Crippen molar-refractivity contribution in [2.45, 2.75) is 6.42 Å². The summed E-state index contributed by atoms with van der Waals surface area (Å²) in [4.78, 5) is 10.9. The maximum atomic E-state index is 12.0. The molecule has 0 spiro atoms. The lowest BCUT2D eigenvalue weighted by molar-refractivity contribution is -0.681. The van der Waals surface area contributed by atoms with E-state index in [1.807, 2.05) is 30.3 Å². The zero-order valence-corrected chi connectivity index (χ0v) is 9.96. The van der Waals surface area contributed by atoms with Crippen LogP contribution < -0.4 is 9.67 Å². The van der Waals surface area contributed by atoms with E-state index in [2.05, 4.69) is 0 Å². The Morgan fingerprint density at radius 2 is 1.94 bits per heavy atom. The van der Waals surface area contributed by atoms with Crippen LogP contribution in [-0.4, -0.2) is 11.1 Å². The maximum Gasteiger partial charge on any atom is 0.335 e. The average molecular weight is 243 g/mol. The molecule has 0 fully saturated rings. The smallest absolute Gasteiger partial charge is 0.335 e. The fraction of sp³-hybridized carbons (Fsp3) is 0.143. The summed E-state index contributed by atoms with van der Waals surface area (Å²) in [5.41, 5.74) is 1.27. The third-order valence-corrected chi connectivity index (χ3v) is 2.84. The van der Waals surface area contributed by atoms with Gasteiger partial charge in [-0.25, -0.2) is 9.36 Å². The van der Waals surface area contributed by atoms with Crippen molar-refractivity contribution in [2.24, 2.45) is 7.05 Å². The number of carboxylic acids is 1. The van der Waals surface area contributed by atoms with E-state index in [-0.39, 0.29) is 5.56 Å². The summed E-state index contributed by atoms with van der Waals surface area (Å²) in [7, 11) is 1.74. The highest BCUT2D eigenvalue weighted by Crippen LogP contribution is 2.18. The molecular weight excluding hydrogens is 230 g/mol. The molecule has 0 radical (unpaired) electrons. The van der Waals surface area contributed by atoms with E-state index in [0.29, 0.717) is 12.1 Å². The molecule has 1 N–H and O–H groups in total. The van der Waals surface area contributed by atoms with Gasteiger partial charge in [-0.15, -0.1) is 0 Å². The minimum atomic E-state index is -1.19. The van der Waals surface area contributed by atoms with Crippen LogP contribution in [-0.2, 0) is 13.5 Å². The standard InChI is InChI=1S/C14H13NO3/c1-15-8-7-11(14(17)18)13(16)12(15)9-10-5-3-2-4-6-10/h2-8H,9H2,1H3,(H-,16,17,18). The largest absolute Gasteiger partial charge is 0.868 e. The first-order valence-corrected chi connectivity index (χ1v) is 5.55. The van der Waals surface area contributed by atoms with Gasteiger partial charge in [0, 0.05) is 6.07 Å². The Hall–Kier alpha value is -2.36. The van der Waals surface area contributed by atoms with Crippen LogP contribution in [0, 0.1) is 0 Å². The molecule has 0 aliphatic rings. The van der Waals surface area contributed by atoms with E-state index in [0.717, 1.165) is 5.56 Å². The Morgan fingerprint density at radius 1 is 1.28 bits per heavy atom. The van der Waals surface area contributed by atoms with Gasteiger partial charge in [-0.2, -0.15) is 0 Å². The zero-order chi connectivity index (χ0) is 13.1. The first kappa shape index (κ1) is 12.1. The predicted octanol–water partition coefficient (Wildman–Crippen LogP) is 0.874. The van der Waals surface area contributed by atoms with Crippen molar-refractivity contribution in [1.29, 1.82) is 0 Å². The van der Waals surface area contributed by atoms with Crippen LogP contribution in [0.5, 0.6) is 5.75 Å². The van der Waals surface area contributed by atoms with Crippen molar-refractivity contribution >= 4 is 5.97 Å². The third-order valence-electron chi connectivity index (χ3n) is 2.84. The summed E-state index contributed by atoms with van der Waals surface area (Å²) in [5, 5.41) is 21.0. The molecule has 0 aliphatic carbocycles. The number of hydrogen-bond acceptors (Lipinski definition) is 2. The summed E-state index contributed by atoms with van der Waals surface area (Å²) in [5.74, 6) is -1.61. The highest BCUT2D eigenvalue weighted by Gasteiger charge is 2.15. The van der Waals surface area contributed by atoms with Crippen molar-refractivity contribution in [3.8, 4) is 5.75 Å². The summed E-state index contributed by atoms with van der Waals surface area (Å²) in [6.07, 6.45) is 2.03. The molecule has 1 aromatic heterocycles. The molecule has 0 bridgehead atoms. The second-order valence-corrected chi connectivity index (χ2v) is 4.08. The number of hydrogen-bond donors (Lipinski definition) is 1. The van der Waals surface area contributed by atoms with Gasteiger partial charge in [0.15, 0.2) is 11.9 Å². The highest BCUT2D eigenvalue weighted by molar-refractivity contribution is 5.90. The number of aromatic carboxylic acids is 1.